The van der Waals surface area contributed by atoms with Crippen LogP contribution in [-0.2, 0) is 10.4 Å². The molecular weight excluding hydrogens is 202 g/mol. The van der Waals surface area contributed by atoms with E-state index in [9.17, 15) is 9.90 Å². The number of aliphatic hydroxyl groups is 1. The van der Waals surface area contributed by atoms with E-state index in [0.717, 1.165) is 5.56 Å². The molecule has 0 radical (unpaired) electrons. The van der Waals surface area contributed by atoms with Crippen LogP contribution in [0.5, 0.6) is 0 Å². The molecule has 1 aromatic rings. The monoisotopic (exact) mass is 213 g/mol. The summed E-state index contributed by atoms with van der Waals surface area (Å²) >= 11 is 1.50. The van der Waals surface area contributed by atoms with Crippen LogP contribution in [0.1, 0.15) is 12.0 Å². The third-order valence-electron chi connectivity index (χ3n) is 2.54. The molecular formula is C9H11NO3S. The molecule has 3 N–H and O–H groups in total. The van der Waals surface area contributed by atoms with Crippen molar-refractivity contribution in [3.05, 3.63) is 22.4 Å². The Morgan fingerprint density at radius 2 is 2.50 bits per heavy atom. The maximum atomic E-state index is 10.7. The van der Waals surface area contributed by atoms with Gasteiger partial charge in [0.1, 0.15) is 11.6 Å². The summed E-state index contributed by atoms with van der Waals surface area (Å²) in [5.41, 5.74) is -0.206. The lowest BCUT2D eigenvalue weighted by molar-refractivity contribution is -0.139. The van der Waals surface area contributed by atoms with E-state index in [-0.39, 0.29) is 6.42 Å². The first-order valence-electron chi connectivity index (χ1n) is 4.33. The molecule has 0 spiro atoms. The van der Waals surface area contributed by atoms with E-state index in [0.29, 0.717) is 6.54 Å². The Balaban J connectivity index is 2.17. The Bertz CT molecular complexity index is 338. The van der Waals surface area contributed by atoms with E-state index in [1.54, 1.807) is 0 Å². The molecule has 2 heterocycles. The summed E-state index contributed by atoms with van der Waals surface area (Å²) < 4.78 is 0. The van der Waals surface area contributed by atoms with Crippen LogP contribution >= 0.6 is 11.3 Å². The van der Waals surface area contributed by atoms with Gasteiger partial charge in [0.15, 0.2) is 0 Å². The Labute approximate surface area is 85.2 Å². The Kier molecular flexibility index (Phi) is 2.30. The van der Waals surface area contributed by atoms with Crippen molar-refractivity contribution in [3.8, 4) is 0 Å². The predicted molar refractivity (Wildman–Crippen MR) is 52.3 cm³/mol. The highest BCUT2D eigenvalue weighted by molar-refractivity contribution is 7.08. The van der Waals surface area contributed by atoms with Gasteiger partial charge < -0.3 is 15.5 Å². The summed E-state index contributed by atoms with van der Waals surface area (Å²) in [6.07, 6.45) is 0.235. The van der Waals surface area contributed by atoms with Crippen molar-refractivity contribution in [3.63, 3.8) is 0 Å². The molecule has 14 heavy (non-hydrogen) atoms. The Morgan fingerprint density at radius 1 is 1.71 bits per heavy atom. The van der Waals surface area contributed by atoms with Crippen molar-refractivity contribution < 1.29 is 15.0 Å². The summed E-state index contributed by atoms with van der Waals surface area (Å²) in [4.78, 5) is 10.7. The maximum absolute atomic E-state index is 10.7. The van der Waals surface area contributed by atoms with Crippen molar-refractivity contribution in [2.24, 2.45) is 0 Å². The van der Waals surface area contributed by atoms with E-state index in [2.05, 4.69) is 5.32 Å². The Morgan fingerprint density at radius 3 is 3.00 bits per heavy atom. The highest BCUT2D eigenvalue weighted by Gasteiger charge is 2.41. The lowest BCUT2D eigenvalue weighted by atomic mass is 9.94. The molecule has 0 aromatic carbocycles. The van der Waals surface area contributed by atoms with Crippen molar-refractivity contribution in [2.45, 2.75) is 18.1 Å². The van der Waals surface area contributed by atoms with E-state index in [1.165, 1.54) is 11.3 Å². The molecule has 0 aliphatic carbocycles. The summed E-state index contributed by atoms with van der Waals surface area (Å²) in [7, 11) is 0. The minimum absolute atomic E-state index is 0.235. The number of hydrogen-bond acceptors (Lipinski definition) is 4. The summed E-state index contributed by atoms with van der Waals surface area (Å²) in [6, 6.07) is 1.19. The molecule has 1 unspecified atom stereocenters. The van der Waals surface area contributed by atoms with Gasteiger partial charge in [0.05, 0.1) is 0 Å². The molecule has 1 saturated heterocycles. The topological polar surface area (TPSA) is 69.6 Å². The van der Waals surface area contributed by atoms with Gasteiger partial charge >= 0.3 is 5.97 Å². The number of carboxylic acid groups (broad SMARTS) is 1. The van der Waals surface area contributed by atoms with E-state index in [1.807, 2.05) is 16.8 Å². The minimum atomic E-state index is -1.01. The number of nitrogens with one attached hydrogen (secondary N) is 1. The second-order valence-electron chi connectivity index (χ2n) is 3.52. The number of thiophene rings is 1. The molecule has 5 heteroatoms. The van der Waals surface area contributed by atoms with Crippen molar-refractivity contribution in [2.75, 3.05) is 6.54 Å². The fourth-order valence-corrected chi connectivity index (χ4v) is 2.45. The molecule has 1 aromatic heterocycles. The van der Waals surface area contributed by atoms with E-state index < -0.39 is 17.6 Å². The average Bonchev–Trinajstić information content (AvgIpc) is 2.71. The fourth-order valence-electron chi connectivity index (χ4n) is 1.70. The van der Waals surface area contributed by atoms with Crippen LogP contribution in [0, 0.1) is 0 Å². The molecule has 4 nitrogen and oxygen atoms in total. The van der Waals surface area contributed by atoms with Gasteiger partial charge in [0.25, 0.3) is 0 Å². The van der Waals surface area contributed by atoms with Crippen LogP contribution in [0.25, 0.3) is 0 Å². The lowest BCUT2D eigenvalue weighted by Gasteiger charge is -2.19. The standard InChI is InChI=1S/C9H11NO3S/c11-8(12)7-3-9(13,5-10-7)6-1-2-14-4-6/h1-2,4,7,10,13H,3,5H2,(H,11,12)/t7-,9?/m0/s1. The minimum Gasteiger partial charge on any atom is -0.480 e. The quantitative estimate of drug-likeness (QED) is 0.664. The van der Waals surface area contributed by atoms with Gasteiger partial charge in [0.2, 0.25) is 0 Å². The van der Waals surface area contributed by atoms with Gasteiger partial charge in [0, 0.05) is 13.0 Å². The summed E-state index contributed by atoms with van der Waals surface area (Å²) in [5.74, 6) is -0.906. The molecule has 2 rings (SSSR count). The number of hydrogen-bond donors (Lipinski definition) is 3. The van der Waals surface area contributed by atoms with Gasteiger partial charge in [-0.2, -0.15) is 11.3 Å². The van der Waals surface area contributed by atoms with E-state index in [4.69, 9.17) is 5.11 Å². The largest absolute Gasteiger partial charge is 0.480 e. The number of rotatable bonds is 2. The lowest BCUT2D eigenvalue weighted by Crippen LogP contribution is -2.30. The molecule has 0 saturated carbocycles. The van der Waals surface area contributed by atoms with Gasteiger partial charge in [-0.3, -0.25) is 4.79 Å². The fraction of sp³-hybridized carbons (Fsp3) is 0.444. The number of aliphatic carboxylic acids is 1. The van der Waals surface area contributed by atoms with Gasteiger partial charge in [-0.1, -0.05) is 0 Å². The summed E-state index contributed by atoms with van der Waals surface area (Å²) in [5, 5.41) is 25.4. The third-order valence-corrected chi connectivity index (χ3v) is 3.22. The van der Waals surface area contributed by atoms with Gasteiger partial charge in [-0.15, -0.1) is 0 Å². The van der Waals surface area contributed by atoms with Crippen molar-refractivity contribution >= 4 is 17.3 Å². The first-order valence-corrected chi connectivity index (χ1v) is 5.27. The number of carboxylic acids is 1. The number of β-amino-alcohol motifs (C(OH)–C–C–N with tert-alkyl or cyclic N) is 1. The maximum Gasteiger partial charge on any atom is 0.320 e. The smallest absolute Gasteiger partial charge is 0.320 e. The molecule has 1 aliphatic heterocycles. The highest BCUT2D eigenvalue weighted by atomic mass is 32.1. The van der Waals surface area contributed by atoms with Crippen LogP contribution in [-0.4, -0.2) is 28.8 Å². The Hall–Kier alpha value is -0.910. The van der Waals surface area contributed by atoms with Crippen LogP contribution in [0.2, 0.25) is 0 Å². The van der Waals surface area contributed by atoms with E-state index >= 15 is 0 Å². The van der Waals surface area contributed by atoms with Crippen LogP contribution in [0.3, 0.4) is 0 Å². The molecule has 0 bridgehead atoms. The molecule has 1 aliphatic rings. The van der Waals surface area contributed by atoms with Gasteiger partial charge in [-0.05, 0) is 22.4 Å². The van der Waals surface area contributed by atoms with Crippen LogP contribution in [0.15, 0.2) is 16.8 Å². The normalized spacial score (nSPS) is 31.9. The SMILES string of the molecule is O=C(O)[C@@H]1CC(O)(c2ccsc2)CN1. The molecule has 76 valence electrons. The van der Waals surface area contributed by atoms with Crippen LogP contribution in [0.4, 0.5) is 0 Å². The van der Waals surface area contributed by atoms with Crippen molar-refractivity contribution in [1.29, 1.82) is 0 Å². The molecule has 0 amide bonds. The number of carbonyl (C=O) groups is 1. The predicted octanol–water partition coefficient (Wildman–Crippen LogP) is 0.382. The highest BCUT2D eigenvalue weighted by Crippen LogP contribution is 2.31. The zero-order valence-electron chi connectivity index (χ0n) is 7.43. The molecule has 2 atom stereocenters. The zero-order chi connectivity index (χ0) is 10.2. The first-order chi connectivity index (χ1) is 6.62. The summed E-state index contributed by atoms with van der Waals surface area (Å²) in [6.45, 7) is 0.306. The second-order valence-corrected chi connectivity index (χ2v) is 4.30. The second kappa shape index (κ2) is 3.34. The molecule has 1 fully saturated rings. The zero-order valence-corrected chi connectivity index (χ0v) is 8.25. The van der Waals surface area contributed by atoms with Crippen molar-refractivity contribution in [1.82, 2.24) is 5.32 Å². The van der Waals surface area contributed by atoms with Gasteiger partial charge in [-0.25, -0.2) is 0 Å². The third kappa shape index (κ3) is 1.54. The average molecular weight is 213 g/mol. The van der Waals surface area contributed by atoms with Crippen LogP contribution < -0.4 is 5.32 Å². The first kappa shape index (κ1) is 9.64.